The van der Waals surface area contributed by atoms with Crippen LogP contribution >= 0.6 is 0 Å². The van der Waals surface area contributed by atoms with Crippen molar-refractivity contribution < 1.29 is 27.8 Å². The van der Waals surface area contributed by atoms with E-state index in [2.05, 4.69) is 9.47 Å². The number of rotatable bonds is 1. The van der Waals surface area contributed by atoms with Crippen molar-refractivity contribution in [2.45, 2.75) is 25.5 Å². The molecule has 1 rings (SSSR count). The number of alkyl halides is 1. The van der Waals surface area contributed by atoms with Gasteiger partial charge in [-0.05, 0) is 0 Å². The molecule has 0 aromatic carbocycles. The van der Waals surface area contributed by atoms with E-state index in [0.717, 1.165) is 13.8 Å². The summed E-state index contributed by atoms with van der Waals surface area (Å²) in [4.78, 5) is 20.7. The first-order valence-electron chi connectivity index (χ1n) is 3.10. The number of hydrogen-bond donors (Lipinski definition) is 0. The molecule has 0 aromatic rings. The molecule has 0 bridgehead atoms. The summed E-state index contributed by atoms with van der Waals surface area (Å²) >= 11 is 0. The second-order valence-electron chi connectivity index (χ2n) is 2.63. The standard InChI is InChI=1S/C6H6F2O4/c1-5(8)4(10)11-6(2,12-5)3(7)9/h1-2H3. The van der Waals surface area contributed by atoms with Crippen molar-refractivity contribution in [2.24, 2.45) is 0 Å². The zero-order valence-corrected chi connectivity index (χ0v) is 6.39. The Labute approximate surface area is 66.4 Å². The maximum atomic E-state index is 12.8. The number of ether oxygens (including phenoxy) is 2. The first-order chi connectivity index (χ1) is 5.28. The second kappa shape index (κ2) is 2.22. The third-order valence-corrected chi connectivity index (χ3v) is 1.40. The van der Waals surface area contributed by atoms with Gasteiger partial charge in [-0.3, -0.25) is 9.53 Å². The molecular weight excluding hydrogens is 174 g/mol. The molecule has 12 heavy (non-hydrogen) atoms. The van der Waals surface area contributed by atoms with E-state index in [1.165, 1.54) is 0 Å². The van der Waals surface area contributed by atoms with Crippen LogP contribution in [0, 0.1) is 0 Å². The number of halogens is 2. The molecule has 0 saturated carbocycles. The van der Waals surface area contributed by atoms with Crippen molar-refractivity contribution in [1.29, 1.82) is 0 Å². The zero-order valence-electron chi connectivity index (χ0n) is 6.39. The first kappa shape index (κ1) is 9.05. The lowest BCUT2D eigenvalue weighted by Gasteiger charge is -2.15. The molecule has 0 radical (unpaired) electrons. The van der Waals surface area contributed by atoms with E-state index < -0.39 is 23.6 Å². The van der Waals surface area contributed by atoms with E-state index in [1.807, 2.05) is 0 Å². The molecule has 68 valence electrons. The Balaban J connectivity index is 2.92. The molecular formula is C6H6F2O4. The normalized spacial score (nSPS) is 41.2. The van der Waals surface area contributed by atoms with Crippen LogP contribution < -0.4 is 0 Å². The highest BCUT2D eigenvalue weighted by Gasteiger charge is 2.58. The SMILES string of the molecule is CC1(F)OC(C)(C(=O)F)OC1=O. The Morgan fingerprint density at radius 3 is 2.17 bits per heavy atom. The minimum Gasteiger partial charge on any atom is -0.418 e. The Morgan fingerprint density at radius 1 is 1.50 bits per heavy atom. The van der Waals surface area contributed by atoms with Crippen molar-refractivity contribution in [3.63, 3.8) is 0 Å². The molecule has 1 fully saturated rings. The van der Waals surface area contributed by atoms with Gasteiger partial charge in [0.25, 0.3) is 0 Å². The van der Waals surface area contributed by atoms with E-state index in [-0.39, 0.29) is 0 Å². The van der Waals surface area contributed by atoms with Crippen molar-refractivity contribution >= 4 is 12.0 Å². The van der Waals surface area contributed by atoms with E-state index in [4.69, 9.17) is 0 Å². The monoisotopic (exact) mass is 180 g/mol. The van der Waals surface area contributed by atoms with Crippen LogP contribution in [0.5, 0.6) is 0 Å². The Bertz CT molecular complexity index is 250. The summed E-state index contributed by atoms with van der Waals surface area (Å²) < 4.78 is 33.2. The molecule has 6 heteroatoms. The van der Waals surface area contributed by atoms with Crippen molar-refractivity contribution in [3.8, 4) is 0 Å². The molecule has 1 heterocycles. The Morgan fingerprint density at radius 2 is 2.00 bits per heavy atom. The van der Waals surface area contributed by atoms with Crippen LogP contribution in [0.25, 0.3) is 0 Å². The van der Waals surface area contributed by atoms with Gasteiger partial charge in [0.05, 0.1) is 0 Å². The molecule has 2 unspecified atom stereocenters. The van der Waals surface area contributed by atoms with Gasteiger partial charge in [-0.1, -0.05) is 0 Å². The highest BCUT2D eigenvalue weighted by atomic mass is 19.2. The fourth-order valence-corrected chi connectivity index (χ4v) is 0.777. The maximum absolute atomic E-state index is 12.8. The van der Waals surface area contributed by atoms with Gasteiger partial charge in [-0.25, -0.2) is 4.79 Å². The minimum absolute atomic E-state index is 0.740. The average Bonchev–Trinajstić information content (AvgIpc) is 2.03. The van der Waals surface area contributed by atoms with Crippen LogP contribution in [0.3, 0.4) is 0 Å². The molecule has 2 atom stereocenters. The largest absolute Gasteiger partial charge is 0.418 e. The molecule has 1 aliphatic rings. The topological polar surface area (TPSA) is 52.6 Å². The lowest BCUT2D eigenvalue weighted by atomic mass is 10.3. The van der Waals surface area contributed by atoms with Crippen molar-refractivity contribution in [1.82, 2.24) is 0 Å². The van der Waals surface area contributed by atoms with Crippen LogP contribution in [0.4, 0.5) is 8.78 Å². The van der Waals surface area contributed by atoms with Crippen molar-refractivity contribution in [3.05, 3.63) is 0 Å². The Kier molecular flexibility index (Phi) is 1.68. The number of cyclic esters (lactones) is 1. The summed E-state index contributed by atoms with van der Waals surface area (Å²) in [5.41, 5.74) is 0. The molecule has 0 N–H and O–H groups in total. The molecule has 0 spiro atoms. The predicted octanol–water partition coefficient (Wildman–Crippen LogP) is 0.458. The summed E-state index contributed by atoms with van der Waals surface area (Å²) in [6, 6.07) is -2.04. The van der Waals surface area contributed by atoms with Gasteiger partial charge in [0.15, 0.2) is 0 Å². The van der Waals surface area contributed by atoms with Gasteiger partial charge in [-0.2, -0.15) is 8.78 Å². The lowest BCUT2D eigenvalue weighted by molar-refractivity contribution is -0.213. The van der Waals surface area contributed by atoms with Crippen molar-refractivity contribution in [2.75, 3.05) is 0 Å². The van der Waals surface area contributed by atoms with Gasteiger partial charge in [0.2, 0.25) is 0 Å². The van der Waals surface area contributed by atoms with Crippen LogP contribution in [-0.2, 0) is 19.1 Å². The fraction of sp³-hybridized carbons (Fsp3) is 0.667. The quantitative estimate of drug-likeness (QED) is 0.434. The van der Waals surface area contributed by atoms with Gasteiger partial charge in [-0.15, -0.1) is 0 Å². The number of hydrogen-bond acceptors (Lipinski definition) is 4. The molecule has 0 aliphatic carbocycles. The second-order valence-corrected chi connectivity index (χ2v) is 2.63. The summed E-state index contributed by atoms with van der Waals surface area (Å²) in [6.07, 6.45) is 0. The van der Waals surface area contributed by atoms with E-state index in [0.29, 0.717) is 0 Å². The van der Waals surface area contributed by atoms with Crippen LogP contribution in [0.15, 0.2) is 0 Å². The molecule has 1 saturated heterocycles. The smallest absolute Gasteiger partial charge is 0.374 e. The molecule has 0 aromatic heterocycles. The molecule has 4 nitrogen and oxygen atoms in total. The van der Waals surface area contributed by atoms with Gasteiger partial charge in [0, 0.05) is 13.8 Å². The van der Waals surface area contributed by atoms with Crippen LogP contribution in [0.2, 0.25) is 0 Å². The number of carbonyl (C=O) groups excluding carboxylic acids is 2. The summed E-state index contributed by atoms with van der Waals surface area (Å²) in [7, 11) is 0. The number of carbonyl (C=O) groups is 2. The van der Waals surface area contributed by atoms with E-state index in [9.17, 15) is 18.4 Å². The predicted molar refractivity (Wildman–Crippen MR) is 31.2 cm³/mol. The molecule has 0 amide bonds. The van der Waals surface area contributed by atoms with E-state index >= 15 is 0 Å². The highest BCUT2D eigenvalue weighted by Crippen LogP contribution is 2.33. The van der Waals surface area contributed by atoms with Gasteiger partial charge in [0.1, 0.15) is 0 Å². The zero-order chi connectivity index (χ0) is 9.57. The summed E-state index contributed by atoms with van der Waals surface area (Å²) in [6.45, 7) is 1.57. The third-order valence-electron chi connectivity index (χ3n) is 1.40. The van der Waals surface area contributed by atoms with Crippen LogP contribution in [-0.4, -0.2) is 23.6 Å². The highest BCUT2D eigenvalue weighted by molar-refractivity contribution is 5.87. The van der Waals surface area contributed by atoms with Crippen LogP contribution in [0.1, 0.15) is 13.8 Å². The average molecular weight is 180 g/mol. The fourth-order valence-electron chi connectivity index (χ4n) is 0.777. The van der Waals surface area contributed by atoms with Gasteiger partial charge >= 0.3 is 23.6 Å². The number of esters is 1. The van der Waals surface area contributed by atoms with Gasteiger partial charge < -0.3 is 4.74 Å². The summed E-state index contributed by atoms with van der Waals surface area (Å²) in [5, 5.41) is 0. The maximum Gasteiger partial charge on any atom is 0.374 e. The van der Waals surface area contributed by atoms with E-state index in [1.54, 1.807) is 0 Å². The minimum atomic E-state index is -2.75. The molecule has 1 aliphatic heterocycles. The summed E-state index contributed by atoms with van der Waals surface area (Å²) in [5.74, 6) is -6.59. The Hall–Kier alpha value is -1.04. The first-order valence-corrected chi connectivity index (χ1v) is 3.10. The lowest BCUT2D eigenvalue weighted by Crippen LogP contribution is -2.35. The third kappa shape index (κ3) is 1.18.